The summed E-state index contributed by atoms with van der Waals surface area (Å²) in [5.41, 5.74) is 0.779. The number of nitrogens with zero attached hydrogens (tertiary/aromatic N) is 2. The highest BCUT2D eigenvalue weighted by Gasteiger charge is 2.20. The largest absolute Gasteiger partial charge is 0.491 e. The molecule has 24 heavy (non-hydrogen) atoms. The van der Waals surface area contributed by atoms with Crippen molar-refractivity contribution >= 4 is 32.4 Å². The number of aromatic nitrogens is 2. The first kappa shape index (κ1) is 18.3. The Morgan fingerprint density at radius 3 is 2.50 bits per heavy atom. The van der Waals surface area contributed by atoms with Gasteiger partial charge >= 0.3 is 0 Å². The van der Waals surface area contributed by atoms with Crippen LogP contribution in [0.4, 0.5) is 5.13 Å². The molecule has 1 heterocycles. The summed E-state index contributed by atoms with van der Waals surface area (Å²) in [4.78, 5) is 10.9. The summed E-state index contributed by atoms with van der Waals surface area (Å²) in [6.07, 6.45) is 0.0737. The number of carbonyl (C=O) groups excluding carboxylic acids is 1. The van der Waals surface area contributed by atoms with E-state index in [4.69, 9.17) is 4.74 Å². The van der Waals surface area contributed by atoms with Crippen molar-refractivity contribution < 1.29 is 17.9 Å². The monoisotopic (exact) mass is 370 g/mol. The van der Waals surface area contributed by atoms with Gasteiger partial charge < -0.3 is 10.1 Å². The van der Waals surface area contributed by atoms with E-state index in [1.165, 1.54) is 6.92 Å². The van der Waals surface area contributed by atoms with Gasteiger partial charge in [0.05, 0.1) is 6.10 Å². The lowest BCUT2D eigenvalue weighted by molar-refractivity contribution is -0.114. The number of sulfonamides is 1. The molecule has 0 aliphatic rings. The van der Waals surface area contributed by atoms with Gasteiger partial charge in [0, 0.05) is 13.5 Å². The van der Waals surface area contributed by atoms with E-state index in [-0.39, 0.29) is 28.0 Å². The van der Waals surface area contributed by atoms with E-state index in [1.807, 2.05) is 13.8 Å². The average molecular weight is 370 g/mol. The first-order chi connectivity index (χ1) is 11.3. The Balaban J connectivity index is 1.99. The molecule has 0 spiro atoms. The molecule has 130 valence electrons. The Labute approximate surface area is 144 Å². The molecular formula is C14H18N4O4S2. The molecule has 1 aromatic carbocycles. The van der Waals surface area contributed by atoms with E-state index in [0.29, 0.717) is 0 Å². The standard InChI is InChI=1S/C14H18N4O4S2/c1-9(2)22-12-6-4-11(5-7-12)8-15-24(20,21)14-18-17-13(23-14)16-10(3)19/h4-7,9,15H,8H2,1-3H3,(H,16,17,19). The van der Waals surface area contributed by atoms with Gasteiger partial charge in [-0.05, 0) is 31.5 Å². The minimum Gasteiger partial charge on any atom is -0.491 e. The molecule has 0 aliphatic carbocycles. The lowest BCUT2D eigenvalue weighted by Gasteiger charge is -2.10. The third kappa shape index (κ3) is 5.25. The molecule has 0 fully saturated rings. The molecule has 10 heteroatoms. The molecule has 0 saturated carbocycles. The smallest absolute Gasteiger partial charge is 0.270 e. The number of amides is 1. The molecule has 0 bridgehead atoms. The lowest BCUT2D eigenvalue weighted by Crippen LogP contribution is -2.23. The van der Waals surface area contributed by atoms with Crippen LogP contribution < -0.4 is 14.8 Å². The van der Waals surface area contributed by atoms with Crippen LogP contribution in [0.15, 0.2) is 28.6 Å². The SMILES string of the molecule is CC(=O)Nc1nnc(S(=O)(=O)NCc2ccc(OC(C)C)cc2)s1. The summed E-state index contributed by atoms with van der Waals surface area (Å²) in [7, 11) is -3.79. The number of benzene rings is 1. The van der Waals surface area contributed by atoms with Crippen LogP contribution in [-0.4, -0.2) is 30.6 Å². The molecule has 2 N–H and O–H groups in total. The summed E-state index contributed by atoms with van der Waals surface area (Å²) < 4.78 is 32.1. The molecule has 0 atom stereocenters. The Hall–Kier alpha value is -2.04. The second kappa shape index (κ2) is 7.69. The molecule has 8 nitrogen and oxygen atoms in total. The molecule has 0 aliphatic heterocycles. The fourth-order valence-electron chi connectivity index (χ4n) is 1.72. The zero-order valence-corrected chi connectivity index (χ0v) is 15.1. The van der Waals surface area contributed by atoms with E-state index in [9.17, 15) is 13.2 Å². The maximum absolute atomic E-state index is 12.2. The number of carbonyl (C=O) groups is 1. The zero-order valence-electron chi connectivity index (χ0n) is 13.4. The first-order valence-electron chi connectivity index (χ1n) is 7.12. The molecule has 2 rings (SSSR count). The topological polar surface area (TPSA) is 110 Å². The Morgan fingerprint density at radius 2 is 1.92 bits per heavy atom. The Bertz CT molecular complexity index is 800. The van der Waals surface area contributed by atoms with Gasteiger partial charge in [-0.1, -0.05) is 23.5 Å². The first-order valence-corrected chi connectivity index (χ1v) is 9.42. The van der Waals surface area contributed by atoms with E-state index >= 15 is 0 Å². The van der Waals surface area contributed by atoms with Gasteiger partial charge in [-0.25, -0.2) is 13.1 Å². The summed E-state index contributed by atoms with van der Waals surface area (Å²) in [5, 5.41) is 9.73. The van der Waals surface area contributed by atoms with E-state index < -0.39 is 10.0 Å². The number of rotatable bonds is 7. The van der Waals surface area contributed by atoms with Crippen LogP contribution in [-0.2, 0) is 21.4 Å². The van der Waals surface area contributed by atoms with E-state index in [2.05, 4.69) is 20.2 Å². The van der Waals surface area contributed by atoms with Gasteiger partial charge in [-0.2, -0.15) is 0 Å². The molecule has 0 saturated heterocycles. The van der Waals surface area contributed by atoms with Crippen LogP contribution in [0.3, 0.4) is 0 Å². The van der Waals surface area contributed by atoms with Crippen LogP contribution in [0, 0.1) is 0 Å². The highest BCUT2D eigenvalue weighted by atomic mass is 32.2. The van der Waals surface area contributed by atoms with Gasteiger partial charge in [-0.3, -0.25) is 4.79 Å². The maximum Gasteiger partial charge on any atom is 0.270 e. The molecule has 0 unspecified atom stereocenters. The quantitative estimate of drug-likeness (QED) is 0.719. The molecule has 1 amide bonds. The molecule has 0 radical (unpaired) electrons. The molecule has 1 aromatic heterocycles. The summed E-state index contributed by atoms with van der Waals surface area (Å²) in [5.74, 6) is 0.382. The highest BCUT2D eigenvalue weighted by molar-refractivity contribution is 7.91. The average Bonchev–Trinajstić information content (AvgIpc) is 2.94. The normalized spacial score (nSPS) is 11.5. The van der Waals surface area contributed by atoms with Crippen LogP contribution >= 0.6 is 11.3 Å². The predicted octanol–water partition coefficient (Wildman–Crippen LogP) is 1.76. The number of hydrogen-bond donors (Lipinski definition) is 2. The summed E-state index contributed by atoms with van der Waals surface area (Å²) >= 11 is 0.788. The summed E-state index contributed by atoms with van der Waals surface area (Å²) in [6, 6.07) is 7.12. The number of hydrogen-bond acceptors (Lipinski definition) is 7. The van der Waals surface area contributed by atoms with Crippen molar-refractivity contribution in [2.24, 2.45) is 0 Å². The zero-order chi connectivity index (χ0) is 17.7. The van der Waals surface area contributed by atoms with Crippen LogP contribution in [0.1, 0.15) is 26.3 Å². The number of nitrogens with one attached hydrogen (secondary N) is 2. The third-order valence-electron chi connectivity index (χ3n) is 2.68. The highest BCUT2D eigenvalue weighted by Crippen LogP contribution is 2.20. The minimum absolute atomic E-state index is 0.0737. The van der Waals surface area contributed by atoms with Crippen molar-refractivity contribution in [3.8, 4) is 5.75 Å². The van der Waals surface area contributed by atoms with Crippen LogP contribution in [0.2, 0.25) is 0 Å². The van der Waals surface area contributed by atoms with Gasteiger partial charge in [0.25, 0.3) is 10.0 Å². The maximum atomic E-state index is 12.2. The van der Waals surface area contributed by atoms with E-state index in [1.54, 1.807) is 24.3 Å². The Morgan fingerprint density at radius 1 is 1.25 bits per heavy atom. The van der Waals surface area contributed by atoms with Crippen molar-refractivity contribution in [2.45, 2.75) is 37.8 Å². The van der Waals surface area contributed by atoms with Crippen molar-refractivity contribution in [3.63, 3.8) is 0 Å². The minimum atomic E-state index is -3.79. The fraction of sp³-hybridized carbons (Fsp3) is 0.357. The van der Waals surface area contributed by atoms with Crippen molar-refractivity contribution in [3.05, 3.63) is 29.8 Å². The van der Waals surface area contributed by atoms with Crippen LogP contribution in [0.5, 0.6) is 5.75 Å². The van der Waals surface area contributed by atoms with Gasteiger partial charge in [0.2, 0.25) is 15.4 Å². The van der Waals surface area contributed by atoms with Gasteiger partial charge in [0.1, 0.15) is 5.75 Å². The fourth-order valence-corrected chi connectivity index (χ4v) is 3.72. The van der Waals surface area contributed by atoms with Crippen molar-refractivity contribution in [1.82, 2.24) is 14.9 Å². The molecular weight excluding hydrogens is 352 g/mol. The van der Waals surface area contributed by atoms with Crippen molar-refractivity contribution in [2.75, 3.05) is 5.32 Å². The van der Waals surface area contributed by atoms with E-state index in [0.717, 1.165) is 22.6 Å². The van der Waals surface area contributed by atoms with Crippen molar-refractivity contribution in [1.29, 1.82) is 0 Å². The van der Waals surface area contributed by atoms with Crippen LogP contribution in [0.25, 0.3) is 0 Å². The van der Waals surface area contributed by atoms with Gasteiger partial charge in [0.15, 0.2) is 0 Å². The second-order valence-electron chi connectivity index (χ2n) is 5.19. The number of ether oxygens (including phenoxy) is 1. The number of anilines is 1. The molecule has 2 aromatic rings. The summed E-state index contributed by atoms with van der Waals surface area (Å²) in [6.45, 7) is 5.28. The Kier molecular flexibility index (Phi) is 5.86. The second-order valence-corrected chi connectivity index (χ2v) is 8.11. The van der Waals surface area contributed by atoms with Gasteiger partial charge in [-0.15, -0.1) is 10.2 Å². The lowest BCUT2D eigenvalue weighted by atomic mass is 10.2. The predicted molar refractivity (Wildman–Crippen MR) is 90.4 cm³/mol. The third-order valence-corrected chi connectivity index (χ3v) is 5.29.